The van der Waals surface area contributed by atoms with E-state index in [1.165, 1.54) is 0 Å². The van der Waals surface area contributed by atoms with Crippen molar-refractivity contribution in [1.29, 1.82) is 0 Å². The Kier molecular flexibility index (Phi) is 7.63. The van der Waals surface area contributed by atoms with Gasteiger partial charge in [0.05, 0.1) is 4.90 Å². The highest BCUT2D eigenvalue weighted by Gasteiger charge is 2.13. The molecule has 2 aromatic rings. The maximum absolute atomic E-state index is 12.3. The van der Waals surface area contributed by atoms with E-state index in [2.05, 4.69) is 23.5 Å². The first-order valence-corrected chi connectivity index (χ1v) is 10.4. The summed E-state index contributed by atoms with van der Waals surface area (Å²) in [6.07, 6.45) is 0. The summed E-state index contributed by atoms with van der Waals surface area (Å²) in [4.78, 5) is 2.58. The molecule has 0 spiro atoms. The van der Waals surface area contributed by atoms with E-state index in [9.17, 15) is 8.42 Å². The number of rotatable bonds is 10. The predicted octanol–water partition coefficient (Wildman–Crippen LogP) is 3.19. The van der Waals surface area contributed by atoms with Crippen LogP contribution in [-0.2, 0) is 16.6 Å². The van der Waals surface area contributed by atoms with Crippen molar-refractivity contribution in [3.05, 3.63) is 59.7 Å². The monoisotopic (exact) mass is 376 g/mol. The van der Waals surface area contributed by atoms with Gasteiger partial charge >= 0.3 is 0 Å². The molecule has 0 bridgehead atoms. The molecule has 2 aromatic carbocycles. The summed E-state index contributed by atoms with van der Waals surface area (Å²) in [5.41, 5.74) is 1.91. The molecule has 26 heavy (non-hydrogen) atoms. The molecule has 142 valence electrons. The highest BCUT2D eigenvalue weighted by atomic mass is 32.2. The van der Waals surface area contributed by atoms with Gasteiger partial charge in [0.25, 0.3) is 0 Å². The summed E-state index contributed by atoms with van der Waals surface area (Å²) in [7, 11) is -3.50. The third-order valence-corrected chi connectivity index (χ3v) is 5.71. The minimum atomic E-state index is -3.50. The van der Waals surface area contributed by atoms with Crippen LogP contribution in [0.2, 0.25) is 0 Å². The van der Waals surface area contributed by atoms with Crippen molar-refractivity contribution in [2.24, 2.45) is 0 Å². The molecule has 0 fully saturated rings. The molecule has 0 aliphatic heterocycles. The third-order valence-electron chi connectivity index (χ3n) is 4.29. The average Bonchev–Trinajstić information content (AvgIpc) is 2.65. The lowest BCUT2D eigenvalue weighted by Gasteiger charge is -2.18. The number of ether oxygens (including phenoxy) is 1. The van der Waals surface area contributed by atoms with Crippen molar-refractivity contribution in [3.8, 4) is 5.75 Å². The SMILES string of the molecule is CCN(CC)CCOc1ccc(CNS(=O)(=O)c2ccc(C)cc2)cc1. The molecule has 0 saturated carbocycles. The largest absolute Gasteiger partial charge is 0.492 e. The Bertz CT molecular complexity index is 768. The van der Waals surface area contributed by atoms with Crippen LogP contribution in [0.25, 0.3) is 0 Å². The molecule has 1 N–H and O–H groups in total. The fourth-order valence-electron chi connectivity index (χ4n) is 2.52. The summed E-state index contributed by atoms with van der Waals surface area (Å²) in [5, 5.41) is 0. The van der Waals surface area contributed by atoms with Gasteiger partial charge in [-0.3, -0.25) is 0 Å². The van der Waals surface area contributed by atoms with E-state index >= 15 is 0 Å². The molecule has 0 unspecified atom stereocenters. The first-order valence-electron chi connectivity index (χ1n) is 8.95. The van der Waals surface area contributed by atoms with Gasteiger partial charge in [-0.25, -0.2) is 13.1 Å². The van der Waals surface area contributed by atoms with Crippen LogP contribution < -0.4 is 9.46 Å². The Labute approximate surface area is 157 Å². The standard InChI is InChI=1S/C20H28N2O3S/c1-4-22(5-2)14-15-25-19-10-8-18(9-11-19)16-21-26(23,24)20-12-6-17(3)7-13-20/h6-13,21H,4-5,14-16H2,1-3H3. The molecule has 0 radical (unpaired) electrons. The van der Waals surface area contributed by atoms with Crippen molar-refractivity contribution in [1.82, 2.24) is 9.62 Å². The smallest absolute Gasteiger partial charge is 0.240 e. The number of hydrogen-bond acceptors (Lipinski definition) is 4. The van der Waals surface area contributed by atoms with Gasteiger partial charge < -0.3 is 9.64 Å². The van der Waals surface area contributed by atoms with Crippen molar-refractivity contribution < 1.29 is 13.2 Å². The van der Waals surface area contributed by atoms with E-state index in [1.54, 1.807) is 24.3 Å². The predicted molar refractivity (Wildman–Crippen MR) is 105 cm³/mol. The third kappa shape index (κ3) is 6.12. The lowest BCUT2D eigenvalue weighted by atomic mass is 10.2. The summed E-state index contributed by atoms with van der Waals surface area (Å²) in [6.45, 7) is 10.0. The fraction of sp³-hybridized carbons (Fsp3) is 0.400. The van der Waals surface area contributed by atoms with Crippen LogP contribution >= 0.6 is 0 Å². The number of nitrogens with one attached hydrogen (secondary N) is 1. The van der Waals surface area contributed by atoms with E-state index in [0.29, 0.717) is 6.61 Å². The lowest BCUT2D eigenvalue weighted by Crippen LogP contribution is -2.27. The second kappa shape index (κ2) is 9.71. The maximum Gasteiger partial charge on any atom is 0.240 e. The van der Waals surface area contributed by atoms with Crippen LogP contribution in [0.1, 0.15) is 25.0 Å². The zero-order valence-corrected chi connectivity index (χ0v) is 16.6. The number of benzene rings is 2. The van der Waals surface area contributed by atoms with E-state index in [0.717, 1.165) is 36.5 Å². The molecule has 0 amide bonds. The normalized spacial score (nSPS) is 11.7. The first kappa shape index (κ1) is 20.4. The van der Waals surface area contributed by atoms with E-state index in [-0.39, 0.29) is 11.4 Å². The van der Waals surface area contributed by atoms with E-state index < -0.39 is 10.0 Å². The highest BCUT2D eigenvalue weighted by molar-refractivity contribution is 7.89. The Balaban J connectivity index is 1.86. The number of hydrogen-bond donors (Lipinski definition) is 1. The van der Waals surface area contributed by atoms with Gasteiger partial charge in [0.15, 0.2) is 0 Å². The van der Waals surface area contributed by atoms with Gasteiger partial charge in [-0.1, -0.05) is 43.7 Å². The molecule has 2 rings (SSSR count). The van der Waals surface area contributed by atoms with Crippen LogP contribution in [0.5, 0.6) is 5.75 Å². The van der Waals surface area contributed by atoms with Crippen LogP contribution in [0.15, 0.2) is 53.4 Å². The summed E-state index contributed by atoms with van der Waals surface area (Å²) >= 11 is 0. The van der Waals surface area contributed by atoms with Crippen molar-refractivity contribution in [3.63, 3.8) is 0 Å². The van der Waals surface area contributed by atoms with E-state index in [4.69, 9.17) is 4.74 Å². The number of likely N-dealkylation sites (N-methyl/N-ethyl adjacent to an activating group) is 1. The topological polar surface area (TPSA) is 58.6 Å². The minimum absolute atomic E-state index is 0.246. The summed E-state index contributed by atoms with van der Waals surface area (Å²) in [5.74, 6) is 0.794. The molecule has 5 nitrogen and oxygen atoms in total. The van der Waals surface area contributed by atoms with Gasteiger partial charge in [0, 0.05) is 13.1 Å². The molecule has 0 saturated heterocycles. The van der Waals surface area contributed by atoms with E-state index in [1.807, 2.05) is 31.2 Å². The first-order chi connectivity index (χ1) is 12.4. The average molecular weight is 377 g/mol. The number of sulfonamides is 1. The Morgan fingerprint density at radius 3 is 2.15 bits per heavy atom. The van der Waals surface area contributed by atoms with Gasteiger partial charge in [-0.2, -0.15) is 0 Å². The minimum Gasteiger partial charge on any atom is -0.492 e. The summed E-state index contributed by atoms with van der Waals surface area (Å²) in [6, 6.07) is 14.3. The van der Waals surface area contributed by atoms with Crippen molar-refractivity contribution in [2.75, 3.05) is 26.2 Å². The van der Waals surface area contributed by atoms with Gasteiger partial charge in [0.1, 0.15) is 12.4 Å². The number of nitrogens with zero attached hydrogens (tertiary/aromatic N) is 1. The molecule has 0 aliphatic carbocycles. The van der Waals surface area contributed by atoms with Crippen molar-refractivity contribution in [2.45, 2.75) is 32.2 Å². The molecular formula is C20H28N2O3S. The lowest BCUT2D eigenvalue weighted by molar-refractivity contribution is 0.223. The van der Waals surface area contributed by atoms with Crippen LogP contribution in [0.3, 0.4) is 0 Å². The van der Waals surface area contributed by atoms with Crippen LogP contribution in [0.4, 0.5) is 0 Å². The molecule has 6 heteroatoms. The maximum atomic E-state index is 12.3. The zero-order chi connectivity index (χ0) is 19.0. The fourth-order valence-corrected chi connectivity index (χ4v) is 3.53. The Morgan fingerprint density at radius 1 is 0.962 bits per heavy atom. The van der Waals surface area contributed by atoms with Crippen molar-refractivity contribution >= 4 is 10.0 Å². The quantitative estimate of drug-likeness (QED) is 0.692. The van der Waals surface area contributed by atoms with Gasteiger partial charge in [-0.05, 0) is 49.8 Å². The Morgan fingerprint density at radius 2 is 1.58 bits per heavy atom. The molecule has 0 atom stereocenters. The second-order valence-electron chi connectivity index (χ2n) is 6.16. The zero-order valence-electron chi connectivity index (χ0n) is 15.7. The number of aryl methyl sites for hydroxylation is 1. The molecule has 0 aromatic heterocycles. The van der Waals surface area contributed by atoms with Gasteiger partial charge in [-0.15, -0.1) is 0 Å². The molecule has 0 heterocycles. The summed E-state index contributed by atoms with van der Waals surface area (Å²) < 4.78 is 33.0. The highest BCUT2D eigenvalue weighted by Crippen LogP contribution is 2.14. The van der Waals surface area contributed by atoms with Gasteiger partial charge in [0.2, 0.25) is 10.0 Å². The molecule has 0 aliphatic rings. The van der Waals surface area contributed by atoms with Crippen LogP contribution in [0, 0.1) is 6.92 Å². The van der Waals surface area contributed by atoms with Crippen LogP contribution in [-0.4, -0.2) is 39.6 Å². The Hall–Kier alpha value is -1.89. The molecular weight excluding hydrogens is 348 g/mol. The second-order valence-corrected chi connectivity index (χ2v) is 7.92.